The van der Waals surface area contributed by atoms with Crippen LogP contribution in [0.15, 0.2) is 59.5 Å². The van der Waals surface area contributed by atoms with Crippen LogP contribution in [0.3, 0.4) is 0 Å². The first-order valence-electron chi connectivity index (χ1n) is 4.95. The molecule has 0 aliphatic carbocycles. The number of hydrogen-bond acceptors (Lipinski definition) is 3. The first-order chi connectivity index (χ1) is 8.05. The van der Waals surface area contributed by atoms with E-state index in [1.165, 1.54) is 12.1 Å². The first-order valence-corrected chi connectivity index (χ1v) is 6.39. The van der Waals surface area contributed by atoms with Gasteiger partial charge in [0.2, 0.25) is 0 Å². The van der Waals surface area contributed by atoms with Gasteiger partial charge >= 0.3 is 0 Å². The maximum absolute atomic E-state index is 11.0. The lowest BCUT2D eigenvalue weighted by atomic mass is 10.3. The molecule has 88 valence electrons. The van der Waals surface area contributed by atoms with Gasteiger partial charge in [-0.1, -0.05) is 24.3 Å². The van der Waals surface area contributed by atoms with Gasteiger partial charge in [-0.25, -0.2) is 0 Å². The molecule has 0 radical (unpaired) electrons. The molecule has 0 heterocycles. The summed E-state index contributed by atoms with van der Waals surface area (Å²) in [6.45, 7) is 0. The third-order valence-electron chi connectivity index (χ3n) is 2.19. The van der Waals surface area contributed by atoms with Crippen LogP contribution in [0.1, 0.15) is 0 Å². The summed E-state index contributed by atoms with van der Waals surface area (Å²) in [5.74, 6) is 0. The second-order valence-electron chi connectivity index (χ2n) is 3.49. The van der Waals surface area contributed by atoms with Crippen molar-refractivity contribution in [2.24, 2.45) is 0 Å². The van der Waals surface area contributed by atoms with Gasteiger partial charge in [-0.2, -0.15) is 8.42 Å². The fourth-order valence-electron chi connectivity index (χ4n) is 1.42. The molecule has 17 heavy (non-hydrogen) atoms. The van der Waals surface area contributed by atoms with Crippen LogP contribution in [-0.4, -0.2) is 13.0 Å². The van der Waals surface area contributed by atoms with E-state index < -0.39 is 10.1 Å². The topological polar surface area (TPSA) is 66.4 Å². The molecule has 0 aromatic heterocycles. The molecule has 2 aromatic carbocycles. The fraction of sp³-hybridized carbons (Fsp3) is 0. The summed E-state index contributed by atoms with van der Waals surface area (Å²) in [7, 11) is -4.16. The average Bonchev–Trinajstić information content (AvgIpc) is 2.29. The van der Waals surface area contributed by atoms with Gasteiger partial charge in [-0.15, -0.1) is 0 Å². The van der Waals surface area contributed by atoms with Crippen LogP contribution in [0.5, 0.6) is 0 Å². The van der Waals surface area contributed by atoms with Gasteiger partial charge in [0.1, 0.15) is 0 Å². The zero-order valence-electron chi connectivity index (χ0n) is 8.87. The molecule has 0 aliphatic rings. The molecule has 2 aromatic rings. The van der Waals surface area contributed by atoms with Crippen molar-refractivity contribution in [2.75, 3.05) is 5.32 Å². The second kappa shape index (κ2) is 4.57. The van der Waals surface area contributed by atoms with Crippen molar-refractivity contribution in [3.63, 3.8) is 0 Å². The van der Waals surface area contributed by atoms with Gasteiger partial charge in [0, 0.05) is 11.4 Å². The molecule has 2 N–H and O–H groups in total. The molecule has 0 amide bonds. The highest BCUT2D eigenvalue weighted by atomic mass is 32.2. The Kier molecular flexibility index (Phi) is 3.12. The highest BCUT2D eigenvalue weighted by Crippen LogP contribution is 2.19. The van der Waals surface area contributed by atoms with Gasteiger partial charge in [0.15, 0.2) is 0 Å². The summed E-state index contributed by atoms with van der Waals surface area (Å²) >= 11 is 0. The van der Waals surface area contributed by atoms with Gasteiger partial charge in [0.25, 0.3) is 10.1 Å². The Morgan fingerprint density at radius 1 is 0.882 bits per heavy atom. The minimum absolute atomic E-state index is 0.126. The predicted octanol–water partition coefficient (Wildman–Crippen LogP) is 2.68. The summed E-state index contributed by atoms with van der Waals surface area (Å²) in [4.78, 5) is -0.126. The Morgan fingerprint density at radius 3 is 2.18 bits per heavy atom. The van der Waals surface area contributed by atoms with Crippen molar-refractivity contribution in [3.8, 4) is 0 Å². The molecule has 5 heteroatoms. The van der Waals surface area contributed by atoms with E-state index in [-0.39, 0.29) is 4.90 Å². The van der Waals surface area contributed by atoms with E-state index in [4.69, 9.17) is 4.55 Å². The smallest absolute Gasteiger partial charge is 0.294 e. The van der Waals surface area contributed by atoms with E-state index in [0.717, 1.165) is 5.69 Å². The quantitative estimate of drug-likeness (QED) is 0.821. The molecule has 0 bridgehead atoms. The molecule has 2 rings (SSSR count). The molecule has 0 saturated heterocycles. The van der Waals surface area contributed by atoms with E-state index in [1.807, 2.05) is 30.3 Å². The van der Waals surface area contributed by atoms with E-state index >= 15 is 0 Å². The van der Waals surface area contributed by atoms with E-state index in [2.05, 4.69) is 5.32 Å². The van der Waals surface area contributed by atoms with Crippen LogP contribution >= 0.6 is 0 Å². The number of para-hydroxylation sites is 1. The third kappa shape index (κ3) is 3.05. The van der Waals surface area contributed by atoms with Crippen LogP contribution in [0.4, 0.5) is 11.4 Å². The Balaban J connectivity index is 2.29. The normalized spacial score (nSPS) is 11.1. The molecular formula is C12H11NO3S. The molecule has 0 aliphatic heterocycles. The van der Waals surface area contributed by atoms with Gasteiger partial charge in [-0.3, -0.25) is 4.55 Å². The van der Waals surface area contributed by atoms with Crippen LogP contribution in [0.25, 0.3) is 0 Å². The Morgan fingerprint density at radius 2 is 1.53 bits per heavy atom. The number of hydrogen-bond donors (Lipinski definition) is 2. The minimum Gasteiger partial charge on any atom is -0.355 e. The molecule has 0 atom stereocenters. The van der Waals surface area contributed by atoms with Crippen LogP contribution in [0.2, 0.25) is 0 Å². The zero-order chi connectivity index (χ0) is 12.3. The Labute approximate surface area is 99.7 Å². The van der Waals surface area contributed by atoms with E-state index in [0.29, 0.717) is 5.69 Å². The molecule has 4 nitrogen and oxygen atoms in total. The van der Waals surface area contributed by atoms with Crippen molar-refractivity contribution in [3.05, 3.63) is 54.6 Å². The minimum atomic E-state index is -4.16. The summed E-state index contributed by atoms with van der Waals surface area (Å²) in [6.07, 6.45) is 0. The highest BCUT2D eigenvalue weighted by molar-refractivity contribution is 7.85. The zero-order valence-corrected chi connectivity index (χ0v) is 9.68. The fourth-order valence-corrected chi connectivity index (χ4v) is 1.95. The van der Waals surface area contributed by atoms with Crippen LogP contribution < -0.4 is 5.32 Å². The van der Waals surface area contributed by atoms with Gasteiger partial charge in [-0.05, 0) is 30.3 Å². The number of anilines is 2. The first kappa shape index (κ1) is 11.6. The second-order valence-corrected chi connectivity index (χ2v) is 4.92. The van der Waals surface area contributed by atoms with Crippen LogP contribution in [-0.2, 0) is 10.1 Å². The van der Waals surface area contributed by atoms with E-state index in [9.17, 15) is 8.42 Å². The standard InChI is InChI=1S/C12H11NO3S/c14-17(15,16)12-8-4-7-11(9-12)13-10-5-2-1-3-6-10/h1-9,13H,(H,14,15,16). The summed E-state index contributed by atoms with van der Waals surface area (Å²) in [6, 6.07) is 15.4. The summed E-state index contributed by atoms with van der Waals surface area (Å²) < 4.78 is 30.9. The lowest BCUT2D eigenvalue weighted by molar-refractivity contribution is 0.483. The number of nitrogens with one attached hydrogen (secondary N) is 1. The van der Waals surface area contributed by atoms with Gasteiger partial charge < -0.3 is 5.32 Å². The Hall–Kier alpha value is -1.85. The maximum Gasteiger partial charge on any atom is 0.294 e. The monoisotopic (exact) mass is 249 g/mol. The third-order valence-corrected chi connectivity index (χ3v) is 3.04. The Bertz CT molecular complexity index is 609. The lowest BCUT2D eigenvalue weighted by Crippen LogP contribution is -1.99. The molecule has 0 fully saturated rings. The number of rotatable bonds is 3. The van der Waals surface area contributed by atoms with Crippen molar-refractivity contribution in [2.45, 2.75) is 4.90 Å². The maximum atomic E-state index is 11.0. The van der Waals surface area contributed by atoms with Crippen LogP contribution in [0, 0.1) is 0 Å². The largest absolute Gasteiger partial charge is 0.355 e. The van der Waals surface area contributed by atoms with Gasteiger partial charge in [0.05, 0.1) is 4.90 Å². The van der Waals surface area contributed by atoms with E-state index in [1.54, 1.807) is 12.1 Å². The van der Waals surface area contributed by atoms with Crippen molar-refractivity contribution in [1.29, 1.82) is 0 Å². The number of benzene rings is 2. The average molecular weight is 249 g/mol. The lowest BCUT2D eigenvalue weighted by Gasteiger charge is -2.06. The summed E-state index contributed by atoms with van der Waals surface area (Å²) in [5.41, 5.74) is 1.45. The SMILES string of the molecule is O=S(=O)(O)c1cccc(Nc2ccccc2)c1. The molecule has 0 unspecified atom stereocenters. The highest BCUT2D eigenvalue weighted by Gasteiger charge is 2.09. The summed E-state index contributed by atoms with van der Waals surface area (Å²) in [5, 5.41) is 3.04. The van der Waals surface area contributed by atoms with Crippen molar-refractivity contribution < 1.29 is 13.0 Å². The predicted molar refractivity (Wildman–Crippen MR) is 66.0 cm³/mol. The molecular weight excluding hydrogens is 238 g/mol. The van der Waals surface area contributed by atoms with Crippen molar-refractivity contribution >= 4 is 21.5 Å². The molecule has 0 saturated carbocycles. The van der Waals surface area contributed by atoms with Crippen molar-refractivity contribution in [1.82, 2.24) is 0 Å². The molecule has 0 spiro atoms.